The molecule has 1 amide bonds. The normalized spacial score (nSPS) is 10.7. The van der Waals surface area contributed by atoms with Crippen molar-refractivity contribution in [1.82, 2.24) is 14.9 Å². The van der Waals surface area contributed by atoms with E-state index in [0.29, 0.717) is 40.7 Å². The number of hydrogen-bond donors (Lipinski definition) is 2. The summed E-state index contributed by atoms with van der Waals surface area (Å²) in [6.07, 6.45) is 0.715. The van der Waals surface area contributed by atoms with Crippen molar-refractivity contribution in [2.45, 2.75) is 19.9 Å². The summed E-state index contributed by atoms with van der Waals surface area (Å²) < 4.78 is 6.98. The van der Waals surface area contributed by atoms with Gasteiger partial charge in [0.2, 0.25) is 0 Å². The number of hydrogen-bond acceptors (Lipinski definition) is 4. The van der Waals surface area contributed by atoms with Crippen molar-refractivity contribution >= 4 is 29.0 Å². The Bertz CT molecular complexity index is 1080. The Morgan fingerprint density at radius 3 is 2.63 bits per heavy atom. The number of fused-ring (bicyclic) bond motifs is 1. The summed E-state index contributed by atoms with van der Waals surface area (Å²) in [6.45, 7) is 2.87. The summed E-state index contributed by atoms with van der Waals surface area (Å²) in [5.74, 6) is 0.614. The zero-order valence-electron chi connectivity index (χ0n) is 15.2. The average molecular weight is 383 g/mol. The number of ether oxygens (including phenoxy) is 1. The third-order valence-electron chi connectivity index (χ3n) is 4.42. The van der Waals surface area contributed by atoms with Crippen molar-refractivity contribution in [3.8, 4) is 5.75 Å². The number of aromatic amines is 1. The highest BCUT2D eigenvalue weighted by atomic mass is 32.1. The van der Waals surface area contributed by atoms with Crippen molar-refractivity contribution in [1.29, 1.82) is 0 Å². The van der Waals surface area contributed by atoms with E-state index in [1.165, 1.54) is 4.57 Å². The van der Waals surface area contributed by atoms with Crippen molar-refractivity contribution in [2.75, 3.05) is 13.7 Å². The second-order valence-electron chi connectivity index (χ2n) is 6.09. The monoisotopic (exact) mass is 383 g/mol. The molecule has 6 nitrogen and oxygen atoms in total. The van der Waals surface area contributed by atoms with Gasteiger partial charge in [-0.25, -0.2) is 0 Å². The Labute approximate surface area is 161 Å². The summed E-state index contributed by atoms with van der Waals surface area (Å²) >= 11 is 5.21. The van der Waals surface area contributed by atoms with Gasteiger partial charge < -0.3 is 15.0 Å². The van der Waals surface area contributed by atoms with Gasteiger partial charge in [0.25, 0.3) is 11.5 Å². The van der Waals surface area contributed by atoms with E-state index in [1.54, 1.807) is 25.3 Å². The van der Waals surface area contributed by atoms with Crippen LogP contribution in [0.25, 0.3) is 10.9 Å². The number of H-pyrrole nitrogens is 1. The van der Waals surface area contributed by atoms with E-state index in [9.17, 15) is 9.59 Å². The highest BCUT2D eigenvalue weighted by Gasteiger charge is 2.09. The van der Waals surface area contributed by atoms with Gasteiger partial charge in [0.05, 0.1) is 18.0 Å². The SMILES string of the molecule is CCn1c(=S)[nH]c2cc(C(=O)NCCc3ccc(OC)cc3)ccc2c1=O. The first-order chi connectivity index (χ1) is 13.0. The second kappa shape index (κ2) is 8.18. The smallest absolute Gasteiger partial charge is 0.262 e. The number of nitrogens with one attached hydrogen (secondary N) is 2. The summed E-state index contributed by atoms with van der Waals surface area (Å²) in [7, 11) is 1.63. The van der Waals surface area contributed by atoms with Gasteiger partial charge in [-0.3, -0.25) is 14.2 Å². The predicted molar refractivity (Wildman–Crippen MR) is 108 cm³/mol. The first-order valence-corrected chi connectivity index (χ1v) is 9.12. The molecule has 0 saturated heterocycles. The van der Waals surface area contributed by atoms with E-state index < -0.39 is 0 Å². The molecule has 3 rings (SSSR count). The molecule has 0 radical (unpaired) electrons. The molecule has 0 aliphatic carbocycles. The lowest BCUT2D eigenvalue weighted by Gasteiger charge is -2.08. The van der Waals surface area contributed by atoms with E-state index in [4.69, 9.17) is 17.0 Å². The van der Waals surface area contributed by atoms with Crippen LogP contribution in [-0.4, -0.2) is 29.1 Å². The average Bonchev–Trinajstić information content (AvgIpc) is 2.68. The Morgan fingerprint density at radius 2 is 1.96 bits per heavy atom. The maximum Gasteiger partial charge on any atom is 0.262 e. The fourth-order valence-electron chi connectivity index (χ4n) is 2.90. The summed E-state index contributed by atoms with van der Waals surface area (Å²) in [4.78, 5) is 27.8. The lowest BCUT2D eigenvalue weighted by atomic mass is 10.1. The molecule has 0 aliphatic heterocycles. The minimum Gasteiger partial charge on any atom is -0.497 e. The van der Waals surface area contributed by atoms with Crippen molar-refractivity contribution in [3.63, 3.8) is 0 Å². The third kappa shape index (κ3) is 4.09. The van der Waals surface area contributed by atoms with Crippen LogP contribution < -0.4 is 15.6 Å². The van der Waals surface area contributed by atoms with E-state index in [-0.39, 0.29) is 11.5 Å². The molecule has 1 heterocycles. The lowest BCUT2D eigenvalue weighted by molar-refractivity contribution is 0.0954. The van der Waals surface area contributed by atoms with Crippen LogP contribution in [0.4, 0.5) is 0 Å². The quantitative estimate of drug-likeness (QED) is 0.642. The van der Waals surface area contributed by atoms with Crippen molar-refractivity contribution in [3.05, 3.63) is 68.7 Å². The van der Waals surface area contributed by atoms with Gasteiger partial charge >= 0.3 is 0 Å². The van der Waals surface area contributed by atoms with Gasteiger partial charge in [-0.1, -0.05) is 12.1 Å². The minimum absolute atomic E-state index is 0.150. The molecule has 0 aliphatic rings. The maximum atomic E-state index is 12.4. The van der Waals surface area contributed by atoms with Crippen molar-refractivity contribution < 1.29 is 9.53 Å². The molecular weight excluding hydrogens is 362 g/mol. The van der Waals surface area contributed by atoms with Crippen LogP contribution in [0.15, 0.2) is 47.3 Å². The van der Waals surface area contributed by atoms with Crippen LogP contribution in [0, 0.1) is 4.77 Å². The largest absolute Gasteiger partial charge is 0.497 e. The number of methoxy groups -OCH3 is 1. The molecule has 1 aromatic heterocycles. The standard InChI is InChI=1S/C20H21N3O3S/c1-3-23-19(25)16-9-6-14(12-17(16)22-20(23)27)18(24)21-11-10-13-4-7-15(26-2)8-5-13/h4-9,12H,3,10-11H2,1-2H3,(H,21,24)(H,22,27). The molecule has 3 aromatic rings. The number of carbonyl (C=O) groups is 1. The van der Waals surface area contributed by atoms with Crippen LogP contribution in [0.5, 0.6) is 5.75 Å². The summed E-state index contributed by atoms with van der Waals surface area (Å²) in [5, 5.41) is 3.41. The molecule has 0 atom stereocenters. The number of rotatable bonds is 6. The molecule has 0 spiro atoms. The van der Waals surface area contributed by atoms with Gasteiger partial charge in [0.15, 0.2) is 4.77 Å². The fourth-order valence-corrected chi connectivity index (χ4v) is 3.22. The third-order valence-corrected chi connectivity index (χ3v) is 4.74. The lowest BCUT2D eigenvalue weighted by Crippen LogP contribution is -2.26. The van der Waals surface area contributed by atoms with E-state index in [1.807, 2.05) is 31.2 Å². The Hall–Kier alpha value is -2.93. The zero-order valence-corrected chi connectivity index (χ0v) is 16.1. The number of carbonyl (C=O) groups excluding carboxylic acids is 1. The molecule has 140 valence electrons. The summed E-state index contributed by atoms with van der Waals surface area (Å²) in [5.41, 5.74) is 2.01. The molecule has 2 N–H and O–H groups in total. The second-order valence-corrected chi connectivity index (χ2v) is 6.48. The molecule has 7 heteroatoms. The van der Waals surface area contributed by atoms with Crippen LogP contribution in [-0.2, 0) is 13.0 Å². The van der Waals surface area contributed by atoms with Crippen LogP contribution in [0.3, 0.4) is 0 Å². The highest BCUT2D eigenvalue weighted by molar-refractivity contribution is 7.71. The van der Waals surface area contributed by atoms with Gasteiger partial charge in [0, 0.05) is 18.7 Å². The maximum absolute atomic E-state index is 12.4. The van der Waals surface area contributed by atoms with E-state index >= 15 is 0 Å². The topological polar surface area (TPSA) is 76.1 Å². The molecule has 0 unspecified atom stereocenters. The van der Waals surface area contributed by atoms with Crippen LogP contribution in [0.1, 0.15) is 22.8 Å². The zero-order chi connectivity index (χ0) is 19.4. The van der Waals surface area contributed by atoms with Gasteiger partial charge in [0.1, 0.15) is 5.75 Å². The minimum atomic E-state index is -0.190. The van der Waals surface area contributed by atoms with E-state index in [2.05, 4.69) is 10.3 Å². The molecule has 0 bridgehead atoms. The van der Waals surface area contributed by atoms with Gasteiger partial charge in [-0.2, -0.15) is 0 Å². The molecule has 2 aromatic carbocycles. The molecule has 27 heavy (non-hydrogen) atoms. The molecule has 0 fully saturated rings. The Balaban J connectivity index is 1.71. The van der Waals surface area contributed by atoms with E-state index in [0.717, 1.165) is 11.3 Å². The number of benzene rings is 2. The van der Waals surface area contributed by atoms with Crippen LogP contribution in [0.2, 0.25) is 0 Å². The number of aromatic nitrogens is 2. The highest BCUT2D eigenvalue weighted by Crippen LogP contribution is 2.12. The molecular formula is C20H21N3O3S. The molecule has 0 saturated carbocycles. The van der Waals surface area contributed by atoms with Crippen LogP contribution >= 0.6 is 12.2 Å². The Morgan fingerprint density at radius 1 is 1.22 bits per heavy atom. The fraction of sp³-hybridized carbons (Fsp3) is 0.250. The van der Waals surface area contributed by atoms with Gasteiger partial charge in [-0.05, 0) is 61.5 Å². The Kier molecular flexibility index (Phi) is 5.71. The number of nitrogens with zero attached hydrogens (tertiary/aromatic N) is 1. The first-order valence-electron chi connectivity index (χ1n) is 8.71. The predicted octanol–water partition coefficient (Wildman–Crippen LogP) is 3.06. The summed E-state index contributed by atoms with van der Waals surface area (Å²) in [6, 6.07) is 12.7. The first kappa shape index (κ1) is 18.8. The number of amides is 1. The van der Waals surface area contributed by atoms with Gasteiger partial charge in [-0.15, -0.1) is 0 Å². The van der Waals surface area contributed by atoms with Crippen molar-refractivity contribution in [2.24, 2.45) is 0 Å².